The van der Waals surface area contributed by atoms with Gasteiger partial charge in [0.1, 0.15) is 5.75 Å². The van der Waals surface area contributed by atoms with E-state index in [0.717, 1.165) is 48.5 Å². The molecule has 24 heavy (non-hydrogen) atoms. The zero-order chi connectivity index (χ0) is 17.7. The zero-order valence-electron chi connectivity index (χ0n) is 15.7. The van der Waals surface area contributed by atoms with Gasteiger partial charge in [0.2, 0.25) is 5.89 Å². The molecule has 1 aromatic carbocycles. The van der Waals surface area contributed by atoms with Crippen molar-refractivity contribution in [1.29, 1.82) is 0 Å². The number of methoxy groups -OCH3 is 1. The minimum atomic E-state index is 0.0793. The monoisotopic (exact) mass is 331 g/mol. The lowest BCUT2D eigenvalue weighted by molar-refractivity contribution is 0.202. The largest absolute Gasteiger partial charge is 0.496 e. The summed E-state index contributed by atoms with van der Waals surface area (Å²) >= 11 is 0. The van der Waals surface area contributed by atoms with Crippen molar-refractivity contribution in [2.45, 2.75) is 59.5 Å². The quantitative estimate of drug-likeness (QED) is 0.724. The van der Waals surface area contributed by atoms with E-state index in [1.54, 1.807) is 7.11 Å². The average Bonchev–Trinajstić information content (AvgIpc) is 3.00. The van der Waals surface area contributed by atoms with Gasteiger partial charge in [-0.1, -0.05) is 30.6 Å². The number of rotatable bonds is 8. The minimum Gasteiger partial charge on any atom is -0.496 e. The number of aryl methyl sites for hydroxylation is 3. The van der Waals surface area contributed by atoms with E-state index < -0.39 is 0 Å². The van der Waals surface area contributed by atoms with E-state index in [-0.39, 0.29) is 6.04 Å². The molecular formula is C19H29N3O2. The number of unbranched alkanes of at least 4 members (excludes halogenated alkanes) is 1. The second-order valence-electron chi connectivity index (χ2n) is 6.51. The summed E-state index contributed by atoms with van der Waals surface area (Å²) in [4.78, 5) is 6.75. The molecule has 1 atom stereocenters. The van der Waals surface area contributed by atoms with Gasteiger partial charge in [0.05, 0.1) is 13.2 Å². The number of hydrogen-bond acceptors (Lipinski definition) is 5. The predicted octanol–water partition coefficient (Wildman–Crippen LogP) is 4.23. The van der Waals surface area contributed by atoms with Crippen molar-refractivity contribution >= 4 is 0 Å². The van der Waals surface area contributed by atoms with Crippen LogP contribution in [-0.2, 0) is 13.0 Å². The van der Waals surface area contributed by atoms with Crippen LogP contribution in [0.3, 0.4) is 0 Å². The van der Waals surface area contributed by atoms with Crippen molar-refractivity contribution in [3.63, 3.8) is 0 Å². The Morgan fingerprint density at radius 3 is 2.50 bits per heavy atom. The van der Waals surface area contributed by atoms with Gasteiger partial charge in [-0.3, -0.25) is 4.90 Å². The van der Waals surface area contributed by atoms with Crippen LogP contribution >= 0.6 is 0 Å². The molecule has 2 aromatic rings. The van der Waals surface area contributed by atoms with Crippen LogP contribution in [0.1, 0.15) is 61.1 Å². The van der Waals surface area contributed by atoms with Gasteiger partial charge in [-0.05, 0) is 50.9 Å². The summed E-state index contributed by atoms with van der Waals surface area (Å²) in [5.41, 5.74) is 3.58. The maximum absolute atomic E-state index is 5.44. The van der Waals surface area contributed by atoms with Crippen molar-refractivity contribution in [1.82, 2.24) is 15.0 Å². The van der Waals surface area contributed by atoms with E-state index in [9.17, 15) is 0 Å². The molecule has 0 saturated carbocycles. The highest BCUT2D eigenvalue weighted by atomic mass is 16.5. The topological polar surface area (TPSA) is 51.4 Å². The molecule has 0 aliphatic heterocycles. The van der Waals surface area contributed by atoms with Crippen molar-refractivity contribution < 1.29 is 9.26 Å². The molecule has 1 heterocycles. The summed E-state index contributed by atoms with van der Waals surface area (Å²) in [6.07, 6.45) is 3.11. The van der Waals surface area contributed by atoms with Crippen LogP contribution in [0.2, 0.25) is 0 Å². The van der Waals surface area contributed by atoms with Gasteiger partial charge in [0.15, 0.2) is 5.82 Å². The zero-order valence-corrected chi connectivity index (χ0v) is 15.7. The first-order valence-electron chi connectivity index (χ1n) is 8.63. The van der Waals surface area contributed by atoms with Crippen molar-refractivity contribution in [3.8, 4) is 5.75 Å². The fraction of sp³-hybridized carbons (Fsp3) is 0.579. The lowest BCUT2D eigenvalue weighted by Crippen LogP contribution is -2.22. The molecule has 1 unspecified atom stereocenters. The maximum Gasteiger partial charge on any atom is 0.243 e. The van der Waals surface area contributed by atoms with Crippen molar-refractivity contribution in [3.05, 3.63) is 40.5 Å². The summed E-state index contributed by atoms with van der Waals surface area (Å²) in [5.74, 6) is 2.46. The first-order valence-corrected chi connectivity index (χ1v) is 8.63. The second-order valence-corrected chi connectivity index (χ2v) is 6.51. The fourth-order valence-electron chi connectivity index (χ4n) is 2.94. The molecule has 0 aliphatic carbocycles. The molecule has 0 radical (unpaired) electrons. The van der Waals surface area contributed by atoms with Crippen molar-refractivity contribution in [2.24, 2.45) is 0 Å². The number of nitrogens with zero attached hydrogens (tertiary/aromatic N) is 3. The molecule has 0 bridgehead atoms. The van der Waals surface area contributed by atoms with Crippen LogP contribution in [0, 0.1) is 13.8 Å². The highest BCUT2D eigenvalue weighted by Gasteiger charge is 2.19. The highest BCUT2D eigenvalue weighted by Crippen LogP contribution is 2.26. The number of aromatic nitrogens is 2. The first kappa shape index (κ1) is 18.5. The van der Waals surface area contributed by atoms with Crippen LogP contribution < -0.4 is 4.74 Å². The van der Waals surface area contributed by atoms with E-state index in [2.05, 4.69) is 61.9 Å². The Hall–Kier alpha value is -1.88. The minimum absolute atomic E-state index is 0.0793. The molecule has 0 saturated heterocycles. The Morgan fingerprint density at radius 2 is 1.92 bits per heavy atom. The lowest BCUT2D eigenvalue weighted by atomic mass is 10.0. The Kier molecular flexibility index (Phi) is 6.37. The number of hydrogen-bond donors (Lipinski definition) is 0. The van der Waals surface area contributed by atoms with E-state index in [0.29, 0.717) is 5.89 Å². The molecule has 0 amide bonds. The van der Waals surface area contributed by atoms with Gasteiger partial charge in [0, 0.05) is 13.0 Å². The summed E-state index contributed by atoms with van der Waals surface area (Å²) in [7, 11) is 3.80. The fourth-order valence-corrected chi connectivity index (χ4v) is 2.94. The van der Waals surface area contributed by atoms with Crippen LogP contribution in [0.15, 0.2) is 16.7 Å². The van der Waals surface area contributed by atoms with Gasteiger partial charge in [-0.2, -0.15) is 4.98 Å². The molecule has 0 aliphatic rings. The van der Waals surface area contributed by atoms with Crippen molar-refractivity contribution in [2.75, 3.05) is 14.2 Å². The van der Waals surface area contributed by atoms with Crippen LogP contribution in [0.4, 0.5) is 0 Å². The van der Waals surface area contributed by atoms with Gasteiger partial charge >= 0.3 is 0 Å². The smallest absolute Gasteiger partial charge is 0.243 e. The lowest BCUT2D eigenvalue weighted by Gasteiger charge is -2.22. The molecule has 5 heteroatoms. The normalized spacial score (nSPS) is 12.6. The molecule has 132 valence electrons. The SMILES string of the molecule is CCCCc1noc(C(C)N(C)Cc2cc(C)c(OC)c(C)c2)n1. The Balaban J connectivity index is 2.06. The van der Waals surface area contributed by atoms with Gasteiger partial charge < -0.3 is 9.26 Å². The Labute approximate surface area is 145 Å². The number of ether oxygens (including phenoxy) is 1. The summed E-state index contributed by atoms with van der Waals surface area (Å²) in [5, 5.41) is 4.09. The molecule has 0 spiro atoms. The molecule has 2 rings (SSSR count). The summed E-state index contributed by atoms with van der Waals surface area (Å²) < 4.78 is 10.9. The third-order valence-corrected chi connectivity index (χ3v) is 4.41. The van der Waals surface area contributed by atoms with E-state index >= 15 is 0 Å². The van der Waals surface area contributed by atoms with E-state index in [1.165, 1.54) is 5.56 Å². The third-order valence-electron chi connectivity index (χ3n) is 4.41. The summed E-state index contributed by atoms with van der Waals surface area (Å²) in [6.45, 7) is 9.24. The molecule has 0 N–H and O–H groups in total. The summed E-state index contributed by atoms with van der Waals surface area (Å²) in [6, 6.07) is 4.43. The number of benzene rings is 1. The van der Waals surface area contributed by atoms with Crippen LogP contribution in [0.25, 0.3) is 0 Å². The van der Waals surface area contributed by atoms with Gasteiger partial charge in [-0.25, -0.2) is 0 Å². The average molecular weight is 331 g/mol. The maximum atomic E-state index is 5.44. The standard InChI is InChI=1S/C19H29N3O2/c1-7-8-9-17-20-19(24-21-17)15(4)22(5)12-16-10-13(2)18(23-6)14(3)11-16/h10-11,15H,7-9,12H2,1-6H3. The van der Waals surface area contributed by atoms with Crippen LogP contribution in [-0.4, -0.2) is 29.2 Å². The first-order chi connectivity index (χ1) is 11.5. The third kappa shape index (κ3) is 4.35. The van der Waals surface area contributed by atoms with E-state index in [1.807, 2.05) is 0 Å². The van der Waals surface area contributed by atoms with Gasteiger partial charge in [0.25, 0.3) is 0 Å². The molecule has 1 aromatic heterocycles. The molecular weight excluding hydrogens is 302 g/mol. The predicted molar refractivity (Wildman–Crippen MR) is 95.3 cm³/mol. The Bertz CT molecular complexity index is 643. The van der Waals surface area contributed by atoms with Crippen LogP contribution in [0.5, 0.6) is 5.75 Å². The molecule has 5 nitrogen and oxygen atoms in total. The second kappa shape index (κ2) is 8.29. The molecule has 0 fully saturated rings. The van der Waals surface area contributed by atoms with Gasteiger partial charge in [-0.15, -0.1) is 0 Å². The highest BCUT2D eigenvalue weighted by molar-refractivity contribution is 5.43. The Morgan fingerprint density at radius 1 is 1.25 bits per heavy atom. The van der Waals surface area contributed by atoms with E-state index in [4.69, 9.17) is 9.26 Å².